The third-order valence-corrected chi connectivity index (χ3v) is 6.60. The van der Waals surface area contributed by atoms with Gasteiger partial charge >= 0.3 is 0 Å². The number of rotatable bonds is 12. The van der Waals surface area contributed by atoms with Crippen molar-refractivity contribution in [2.75, 3.05) is 26.2 Å². The highest BCUT2D eigenvalue weighted by atomic mass is 16.3. The zero-order valence-corrected chi connectivity index (χ0v) is 20.5. The molecule has 0 unspecified atom stereocenters. The molecule has 0 atom stereocenters. The Labute approximate surface area is 189 Å². The number of hydrogen-bond donors (Lipinski definition) is 0. The molecule has 0 spiro atoms. The van der Waals surface area contributed by atoms with Gasteiger partial charge in [-0.25, -0.2) is 9.50 Å². The van der Waals surface area contributed by atoms with Crippen LogP contribution in [0.4, 0.5) is 0 Å². The van der Waals surface area contributed by atoms with Crippen molar-refractivity contribution in [3.63, 3.8) is 0 Å². The van der Waals surface area contributed by atoms with Crippen LogP contribution < -0.4 is 5.11 Å². The molecule has 0 amide bonds. The van der Waals surface area contributed by atoms with E-state index in [9.17, 15) is 5.11 Å². The SMILES string of the molecule is CCCC[N+](CCCC)(CCCC)CCCC.[O-]c1c2c(nc3ncnn13)CCCC2. The van der Waals surface area contributed by atoms with Gasteiger partial charge in [0.15, 0.2) is 0 Å². The van der Waals surface area contributed by atoms with Crippen LogP contribution in [0.5, 0.6) is 5.88 Å². The Morgan fingerprint density at radius 3 is 1.87 bits per heavy atom. The second kappa shape index (κ2) is 13.7. The van der Waals surface area contributed by atoms with E-state index in [2.05, 4.69) is 42.8 Å². The molecule has 0 fully saturated rings. The molecular weight excluding hydrogens is 386 g/mol. The normalized spacial score (nSPS) is 13.7. The van der Waals surface area contributed by atoms with Gasteiger partial charge in [0.05, 0.1) is 26.2 Å². The Bertz CT molecular complexity index is 720. The van der Waals surface area contributed by atoms with E-state index in [0.29, 0.717) is 5.78 Å². The Morgan fingerprint density at radius 2 is 1.35 bits per heavy atom. The van der Waals surface area contributed by atoms with E-state index < -0.39 is 0 Å². The number of aryl methyl sites for hydroxylation is 1. The zero-order chi connectivity index (χ0) is 22.5. The molecule has 6 heteroatoms. The first kappa shape index (κ1) is 25.6. The average Bonchev–Trinajstić information content (AvgIpc) is 3.28. The maximum Gasteiger partial charge on any atom is 0.251 e. The Morgan fingerprint density at radius 1 is 0.839 bits per heavy atom. The summed E-state index contributed by atoms with van der Waals surface area (Å²) in [5, 5.41) is 15.7. The van der Waals surface area contributed by atoms with Crippen LogP contribution >= 0.6 is 0 Å². The molecule has 1 aliphatic rings. The molecule has 0 aliphatic heterocycles. The van der Waals surface area contributed by atoms with Crippen molar-refractivity contribution in [3.8, 4) is 5.88 Å². The molecule has 1 aliphatic carbocycles. The van der Waals surface area contributed by atoms with Crippen LogP contribution in [0, 0.1) is 0 Å². The van der Waals surface area contributed by atoms with Crippen LogP contribution in [0.15, 0.2) is 6.33 Å². The third-order valence-electron chi connectivity index (χ3n) is 6.60. The van der Waals surface area contributed by atoms with Gasteiger partial charge in [-0.05, 0) is 62.8 Å². The highest BCUT2D eigenvalue weighted by Crippen LogP contribution is 2.25. The molecule has 0 saturated heterocycles. The third kappa shape index (κ3) is 7.44. The van der Waals surface area contributed by atoms with E-state index in [-0.39, 0.29) is 5.88 Å². The minimum Gasteiger partial charge on any atom is -0.858 e. The highest BCUT2D eigenvalue weighted by molar-refractivity contribution is 5.40. The van der Waals surface area contributed by atoms with Gasteiger partial charge in [0.2, 0.25) is 0 Å². The lowest BCUT2D eigenvalue weighted by Crippen LogP contribution is -2.50. The summed E-state index contributed by atoms with van der Waals surface area (Å²) in [6.07, 6.45) is 16.3. The van der Waals surface area contributed by atoms with Crippen molar-refractivity contribution in [2.24, 2.45) is 0 Å². The first-order valence-electron chi connectivity index (χ1n) is 12.8. The van der Waals surface area contributed by atoms with Gasteiger partial charge in [-0.15, -0.1) is 0 Å². The molecule has 2 aromatic heterocycles. The maximum absolute atomic E-state index is 11.9. The lowest BCUT2D eigenvalue weighted by atomic mass is 9.97. The minimum absolute atomic E-state index is 0.0396. The van der Waals surface area contributed by atoms with Gasteiger partial charge in [0.25, 0.3) is 5.78 Å². The molecule has 3 rings (SSSR count). The largest absolute Gasteiger partial charge is 0.858 e. The summed E-state index contributed by atoms with van der Waals surface area (Å²) in [6.45, 7) is 15.0. The molecule has 0 aromatic carbocycles. The van der Waals surface area contributed by atoms with Crippen molar-refractivity contribution in [1.82, 2.24) is 19.6 Å². The standard InChI is InChI=1S/C16H36N.C9H10N4O/c1-5-9-13-17(14-10-6-2,15-11-7-3)16-12-8-4;14-8-6-3-1-2-4-7(6)12-9-10-5-11-13(8)9/h5-16H2,1-4H3;5,14H,1-4H2/q+1;/p-1. The molecule has 0 saturated carbocycles. The predicted octanol–water partition coefficient (Wildman–Crippen LogP) is 5.08. The zero-order valence-electron chi connectivity index (χ0n) is 20.5. The average molecular weight is 432 g/mol. The van der Waals surface area contributed by atoms with Gasteiger partial charge in [0.1, 0.15) is 6.33 Å². The van der Waals surface area contributed by atoms with E-state index in [0.717, 1.165) is 36.9 Å². The lowest BCUT2D eigenvalue weighted by molar-refractivity contribution is -0.929. The number of hydrogen-bond acceptors (Lipinski definition) is 4. The Hall–Kier alpha value is -1.69. The van der Waals surface area contributed by atoms with Crippen LogP contribution in [-0.4, -0.2) is 50.2 Å². The van der Waals surface area contributed by atoms with Gasteiger partial charge in [0, 0.05) is 5.69 Å². The van der Waals surface area contributed by atoms with E-state index >= 15 is 0 Å². The van der Waals surface area contributed by atoms with E-state index in [1.807, 2.05) is 0 Å². The quantitative estimate of drug-likeness (QED) is 0.440. The number of fused-ring (bicyclic) bond motifs is 2. The maximum atomic E-state index is 11.9. The van der Waals surface area contributed by atoms with Crippen LogP contribution in [0.3, 0.4) is 0 Å². The van der Waals surface area contributed by atoms with Crippen molar-refractivity contribution < 1.29 is 9.59 Å². The van der Waals surface area contributed by atoms with Gasteiger partial charge < -0.3 is 9.59 Å². The summed E-state index contributed by atoms with van der Waals surface area (Å²) in [5.74, 6) is 0.387. The second-order valence-electron chi connectivity index (χ2n) is 9.17. The number of nitrogens with zero attached hydrogens (tertiary/aromatic N) is 5. The lowest BCUT2D eigenvalue weighted by Gasteiger charge is -2.39. The van der Waals surface area contributed by atoms with E-state index in [1.54, 1.807) is 0 Å². The molecule has 2 aromatic rings. The van der Waals surface area contributed by atoms with Crippen molar-refractivity contribution in [3.05, 3.63) is 17.6 Å². The number of quaternary nitrogens is 1. The summed E-state index contributed by atoms with van der Waals surface area (Å²) >= 11 is 0. The monoisotopic (exact) mass is 431 g/mol. The molecule has 2 heterocycles. The van der Waals surface area contributed by atoms with E-state index in [1.165, 1.54) is 92.9 Å². The summed E-state index contributed by atoms with van der Waals surface area (Å²) in [7, 11) is 0. The first-order chi connectivity index (χ1) is 15.1. The molecular formula is C25H45N5O. The van der Waals surface area contributed by atoms with Gasteiger partial charge in [-0.2, -0.15) is 10.1 Å². The molecule has 0 bridgehead atoms. The first-order valence-corrected chi connectivity index (χ1v) is 12.8. The Kier molecular flexibility index (Phi) is 11.3. The van der Waals surface area contributed by atoms with Crippen LogP contribution in [-0.2, 0) is 12.8 Å². The van der Waals surface area contributed by atoms with E-state index in [4.69, 9.17) is 0 Å². The van der Waals surface area contributed by atoms with Crippen LogP contribution in [0.1, 0.15) is 103 Å². The summed E-state index contributed by atoms with van der Waals surface area (Å²) in [4.78, 5) is 8.25. The summed E-state index contributed by atoms with van der Waals surface area (Å²) in [5.41, 5.74) is 1.75. The topological polar surface area (TPSA) is 66.1 Å². The minimum atomic E-state index is -0.0396. The predicted molar refractivity (Wildman–Crippen MR) is 126 cm³/mol. The molecule has 6 nitrogen and oxygen atoms in total. The van der Waals surface area contributed by atoms with Crippen molar-refractivity contribution in [1.29, 1.82) is 0 Å². The van der Waals surface area contributed by atoms with Crippen molar-refractivity contribution in [2.45, 2.75) is 105 Å². The molecule has 31 heavy (non-hydrogen) atoms. The van der Waals surface area contributed by atoms with Gasteiger partial charge in [-0.1, -0.05) is 53.4 Å². The number of unbranched alkanes of at least 4 members (excludes halogenated alkanes) is 4. The smallest absolute Gasteiger partial charge is 0.251 e. The van der Waals surface area contributed by atoms with Gasteiger partial charge in [-0.3, -0.25) is 0 Å². The fraction of sp³-hybridized carbons (Fsp3) is 0.800. The summed E-state index contributed by atoms with van der Waals surface area (Å²) in [6, 6.07) is 0. The van der Waals surface area contributed by atoms with Crippen molar-refractivity contribution >= 4 is 5.78 Å². The van der Waals surface area contributed by atoms with Crippen LogP contribution in [0.2, 0.25) is 0 Å². The van der Waals surface area contributed by atoms with Crippen LogP contribution in [0.25, 0.3) is 5.78 Å². The highest BCUT2D eigenvalue weighted by Gasteiger charge is 2.24. The fourth-order valence-electron chi connectivity index (χ4n) is 4.59. The fourth-order valence-corrected chi connectivity index (χ4v) is 4.59. The second-order valence-corrected chi connectivity index (χ2v) is 9.17. The molecule has 0 radical (unpaired) electrons. The number of aromatic nitrogens is 4. The molecule has 176 valence electrons. The summed E-state index contributed by atoms with van der Waals surface area (Å²) < 4.78 is 2.70. The Balaban J connectivity index is 0.000000222. The molecule has 0 N–H and O–H groups in total.